The Morgan fingerprint density at radius 1 is 0.424 bits per heavy atom. The van der Waals surface area contributed by atoms with Gasteiger partial charge in [-0.15, -0.1) is 0 Å². The molecule has 2 atom stereocenters. The van der Waals surface area contributed by atoms with Gasteiger partial charge in [-0.3, -0.25) is 0 Å². The van der Waals surface area contributed by atoms with Crippen LogP contribution in [0.4, 0.5) is 0 Å². The van der Waals surface area contributed by atoms with Crippen LogP contribution in [0.2, 0.25) is 0 Å². The van der Waals surface area contributed by atoms with E-state index in [1.54, 1.807) is 0 Å². The molecule has 4 heterocycles. The lowest BCUT2D eigenvalue weighted by molar-refractivity contribution is 0.595. The second kappa shape index (κ2) is 14.8. The molecular weight excluding hydrogens is 832 g/mol. The molecule has 59 heavy (non-hydrogen) atoms. The normalized spacial score (nSPS) is 16.7. The molecule has 9 aromatic rings. The molecule has 7 aromatic carbocycles. The van der Waals surface area contributed by atoms with Crippen LogP contribution in [0.15, 0.2) is 219 Å². The van der Waals surface area contributed by atoms with Crippen molar-refractivity contribution in [2.45, 2.75) is 12.1 Å². The Morgan fingerprint density at radius 2 is 0.949 bits per heavy atom. The number of hydrogen-bond donors (Lipinski definition) is 1. The molecule has 0 bridgehead atoms. The lowest BCUT2D eigenvalue weighted by Crippen LogP contribution is -2.22. The number of benzene rings is 7. The minimum absolute atomic E-state index is 0.00697. The van der Waals surface area contributed by atoms with Crippen molar-refractivity contribution >= 4 is 78.2 Å². The van der Waals surface area contributed by atoms with Crippen molar-refractivity contribution in [3.63, 3.8) is 0 Å². The standard InChI is InChI=1S/C54H39IN4/c55-59-51(40-22-12-4-13-23-40)35-44(36-52(59)41-24-14-5-15-25-41)58-30-28-46-48-32-42(37-16-6-1-7-17-37)26-27-45(48)53-47(54(46)58)29-31-57(53)43-33-49(38-18-8-2-9-19-38)56-50(34-43)39-20-10-3-11-21-39/h1-36,49,51,56H. The van der Waals surface area contributed by atoms with Gasteiger partial charge in [0, 0.05) is 45.6 Å². The Morgan fingerprint density at radius 3 is 1.59 bits per heavy atom. The largest absolute Gasteiger partial charge is 0.374 e. The van der Waals surface area contributed by atoms with Gasteiger partial charge in [-0.05, 0) is 81.3 Å². The monoisotopic (exact) mass is 870 g/mol. The zero-order valence-corrected chi connectivity index (χ0v) is 34.3. The predicted octanol–water partition coefficient (Wildman–Crippen LogP) is 13.9. The van der Waals surface area contributed by atoms with Crippen molar-refractivity contribution in [3.8, 4) is 11.1 Å². The molecule has 282 valence electrons. The third kappa shape index (κ3) is 6.30. The summed E-state index contributed by atoms with van der Waals surface area (Å²) in [6, 6.07) is 65.4. The van der Waals surface area contributed by atoms with Gasteiger partial charge in [0.2, 0.25) is 0 Å². The van der Waals surface area contributed by atoms with Crippen LogP contribution < -0.4 is 5.32 Å². The maximum atomic E-state index is 3.85. The summed E-state index contributed by atoms with van der Waals surface area (Å²) in [6.07, 6.45) is 14.0. The first-order valence-corrected chi connectivity index (χ1v) is 21.1. The van der Waals surface area contributed by atoms with Gasteiger partial charge in [-0.25, -0.2) is 0 Å². The van der Waals surface area contributed by atoms with Crippen LogP contribution in [0, 0.1) is 0 Å². The molecule has 0 aliphatic carbocycles. The van der Waals surface area contributed by atoms with Crippen LogP contribution in [-0.4, -0.2) is 12.2 Å². The Labute approximate surface area is 357 Å². The summed E-state index contributed by atoms with van der Waals surface area (Å²) in [6.45, 7) is 0. The van der Waals surface area contributed by atoms with Crippen LogP contribution in [0.25, 0.3) is 66.5 Å². The summed E-state index contributed by atoms with van der Waals surface area (Å²) in [5.41, 5.74) is 14.2. The molecule has 2 aliphatic heterocycles. The van der Waals surface area contributed by atoms with E-state index in [-0.39, 0.29) is 12.1 Å². The molecule has 0 radical (unpaired) electrons. The Balaban J connectivity index is 1.18. The highest BCUT2D eigenvalue weighted by atomic mass is 127. The van der Waals surface area contributed by atoms with Crippen LogP contribution in [0.1, 0.15) is 34.3 Å². The molecule has 2 aromatic heterocycles. The van der Waals surface area contributed by atoms with E-state index in [9.17, 15) is 0 Å². The average Bonchev–Trinajstić information content (AvgIpc) is 3.97. The van der Waals surface area contributed by atoms with Crippen LogP contribution in [0.5, 0.6) is 0 Å². The number of nitrogens with zero attached hydrogens (tertiary/aromatic N) is 3. The van der Waals surface area contributed by atoms with Gasteiger partial charge in [-0.2, -0.15) is 0 Å². The van der Waals surface area contributed by atoms with E-state index in [4.69, 9.17) is 0 Å². The number of halogens is 1. The first-order chi connectivity index (χ1) is 29.2. The fraction of sp³-hybridized carbons (Fsp3) is 0.0370. The molecule has 0 spiro atoms. The summed E-state index contributed by atoms with van der Waals surface area (Å²) in [7, 11) is 0. The summed E-state index contributed by atoms with van der Waals surface area (Å²) >= 11 is 2.50. The highest BCUT2D eigenvalue weighted by molar-refractivity contribution is 14.1. The van der Waals surface area contributed by atoms with Gasteiger partial charge in [-0.1, -0.05) is 164 Å². The molecule has 1 N–H and O–H groups in total. The number of allylic oxidation sites excluding steroid dienone is 4. The lowest BCUT2D eigenvalue weighted by atomic mass is 9.96. The Hall–Kier alpha value is -6.83. The van der Waals surface area contributed by atoms with E-state index in [1.807, 2.05) is 0 Å². The van der Waals surface area contributed by atoms with Crippen LogP contribution in [-0.2, 0) is 0 Å². The van der Waals surface area contributed by atoms with Gasteiger partial charge in [0.1, 0.15) is 0 Å². The fourth-order valence-corrected chi connectivity index (χ4v) is 9.80. The zero-order valence-electron chi connectivity index (χ0n) is 32.2. The Bertz CT molecular complexity index is 3120. The number of rotatable bonds is 7. The second-order valence-electron chi connectivity index (χ2n) is 15.2. The van der Waals surface area contributed by atoms with Crippen LogP contribution >= 0.6 is 22.9 Å². The van der Waals surface area contributed by atoms with Crippen molar-refractivity contribution in [1.82, 2.24) is 17.6 Å². The smallest absolute Gasteiger partial charge is 0.0846 e. The number of aromatic nitrogens is 2. The fourth-order valence-electron chi connectivity index (χ4n) is 8.90. The molecule has 2 unspecified atom stereocenters. The van der Waals surface area contributed by atoms with Crippen molar-refractivity contribution < 1.29 is 0 Å². The van der Waals surface area contributed by atoms with E-state index in [2.05, 4.69) is 259 Å². The summed E-state index contributed by atoms with van der Waals surface area (Å²) < 4.78 is 7.21. The molecule has 0 amide bonds. The molecule has 4 nitrogen and oxygen atoms in total. The minimum Gasteiger partial charge on any atom is -0.374 e. The zero-order chi connectivity index (χ0) is 39.3. The second-order valence-corrected chi connectivity index (χ2v) is 16.3. The van der Waals surface area contributed by atoms with Crippen molar-refractivity contribution in [1.29, 1.82) is 0 Å². The number of nitrogens with one attached hydrogen (secondary N) is 1. The Kier molecular flexibility index (Phi) is 8.89. The van der Waals surface area contributed by atoms with Gasteiger partial charge in [0.15, 0.2) is 0 Å². The topological polar surface area (TPSA) is 25.1 Å². The molecular formula is C54H39IN4. The highest BCUT2D eigenvalue weighted by Crippen LogP contribution is 2.45. The van der Waals surface area contributed by atoms with E-state index < -0.39 is 0 Å². The molecule has 5 heteroatoms. The average molecular weight is 871 g/mol. The predicted molar refractivity (Wildman–Crippen MR) is 255 cm³/mol. The number of dihydropyridines is 1. The van der Waals surface area contributed by atoms with Gasteiger partial charge in [0.05, 0.1) is 51.7 Å². The van der Waals surface area contributed by atoms with Crippen molar-refractivity contribution in [2.24, 2.45) is 0 Å². The maximum absolute atomic E-state index is 3.85. The number of fused-ring (bicyclic) bond motifs is 6. The summed E-state index contributed by atoms with van der Waals surface area (Å²) in [5, 5.41) is 8.74. The van der Waals surface area contributed by atoms with Crippen molar-refractivity contribution in [3.05, 3.63) is 241 Å². The molecule has 0 saturated carbocycles. The van der Waals surface area contributed by atoms with Crippen LogP contribution in [0.3, 0.4) is 0 Å². The third-order valence-electron chi connectivity index (χ3n) is 11.7. The first kappa shape index (κ1) is 35.3. The van der Waals surface area contributed by atoms with E-state index in [0.29, 0.717) is 0 Å². The number of hydrogen-bond acceptors (Lipinski definition) is 2. The SMILES string of the molecule is IN1C(c2ccccc2)=CC(n2ccc3c4cc(-c5ccccc5)ccc4c4c(ccn4C4=CC(c5ccccc5)NC(c5ccccc5)=C4)c32)=CC1c1ccccc1. The molecule has 0 saturated heterocycles. The van der Waals surface area contributed by atoms with Gasteiger partial charge in [0.25, 0.3) is 0 Å². The molecule has 2 aliphatic rings. The first-order valence-electron chi connectivity index (χ1n) is 20.1. The summed E-state index contributed by atoms with van der Waals surface area (Å²) in [5.74, 6) is 0. The maximum Gasteiger partial charge on any atom is 0.0846 e. The molecule has 0 fully saturated rings. The van der Waals surface area contributed by atoms with E-state index in [1.165, 1.54) is 66.1 Å². The van der Waals surface area contributed by atoms with Crippen molar-refractivity contribution in [2.75, 3.05) is 0 Å². The van der Waals surface area contributed by atoms with Gasteiger partial charge >= 0.3 is 0 Å². The third-order valence-corrected chi connectivity index (χ3v) is 12.9. The quantitative estimate of drug-likeness (QED) is 0.127. The van der Waals surface area contributed by atoms with Gasteiger partial charge < -0.3 is 17.6 Å². The van der Waals surface area contributed by atoms with E-state index in [0.717, 1.165) is 22.7 Å². The molecule has 11 rings (SSSR count). The lowest BCUT2D eigenvalue weighted by Gasteiger charge is -2.33. The van der Waals surface area contributed by atoms with E-state index >= 15 is 0 Å². The summed E-state index contributed by atoms with van der Waals surface area (Å²) in [4.78, 5) is 0. The minimum atomic E-state index is -0.00697. The highest BCUT2D eigenvalue weighted by Gasteiger charge is 2.27.